The van der Waals surface area contributed by atoms with E-state index in [-0.39, 0.29) is 34.7 Å². The zero-order chi connectivity index (χ0) is 27.3. The van der Waals surface area contributed by atoms with Gasteiger partial charge in [0.2, 0.25) is 0 Å². The summed E-state index contributed by atoms with van der Waals surface area (Å²) in [5.41, 5.74) is 2.76. The van der Waals surface area contributed by atoms with Crippen LogP contribution in [-0.4, -0.2) is 75.4 Å². The van der Waals surface area contributed by atoms with Crippen molar-refractivity contribution < 1.29 is 19.8 Å². The normalized spacial score (nSPS) is 16.3. The molecule has 2 aromatic rings. The highest BCUT2D eigenvalue weighted by molar-refractivity contribution is 6.04. The van der Waals surface area contributed by atoms with Crippen LogP contribution in [0.15, 0.2) is 24.3 Å². The van der Waals surface area contributed by atoms with E-state index in [1.807, 2.05) is 58.6 Å². The number of anilines is 1. The molecule has 1 fully saturated rings. The van der Waals surface area contributed by atoms with Crippen LogP contribution in [-0.2, 0) is 17.4 Å². The number of carboxylic acid groups (broad SMARTS) is 1. The first-order valence-electron chi connectivity index (χ1n) is 12.6. The quantitative estimate of drug-likeness (QED) is 0.530. The van der Waals surface area contributed by atoms with Gasteiger partial charge in [0.05, 0.1) is 6.54 Å². The van der Waals surface area contributed by atoms with Crippen LogP contribution in [0.2, 0.25) is 0 Å². The summed E-state index contributed by atoms with van der Waals surface area (Å²) in [5, 5.41) is 28.9. The van der Waals surface area contributed by atoms with Crippen molar-refractivity contribution in [3.63, 3.8) is 0 Å². The number of Topliss-reactive ketones (excluding diaryl/α,β-unsaturated/α-hetero) is 1. The molecule has 0 atom stereocenters. The highest BCUT2D eigenvalue weighted by Crippen LogP contribution is 2.40. The Morgan fingerprint density at radius 1 is 0.973 bits per heavy atom. The summed E-state index contributed by atoms with van der Waals surface area (Å²) in [7, 11) is 0. The van der Waals surface area contributed by atoms with Gasteiger partial charge in [0.1, 0.15) is 23.1 Å². The van der Waals surface area contributed by atoms with Crippen molar-refractivity contribution in [2.24, 2.45) is 0 Å². The summed E-state index contributed by atoms with van der Waals surface area (Å²) in [5.74, 6) is 1.04. The van der Waals surface area contributed by atoms with Crippen molar-refractivity contribution in [1.29, 1.82) is 5.41 Å². The van der Waals surface area contributed by atoms with Gasteiger partial charge in [0.15, 0.2) is 5.78 Å². The van der Waals surface area contributed by atoms with E-state index in [1.54, 1.807) is 17.0 Å². The Balaban J connectivity index is 1.53. The number of nitrogens with one attached hydrogen (secondary N) is 1. The number of hydrogen-bond acceptors (Lipinski definition) is 6. The van der Waals surface area contributed by atoms with Crippen LogP contribution in [0, 0.1) is 5.41 Å². The molecule has 1 aromatic heterocycles. The molecule has 0 spiro atoms. The third-order valence-corrected chi connectivity index (χ3v) is 7.12. The SMILES string of the molecule is CC(C)(C)c1cc(C(=O)CN2Cc3ccc(N4CCN(C(=O)O)CC4)nc3C2=N)cc(C(C)(C)C)c1O. The number of aromatic nitrogens is 1. The number of phenolic OH excluding ortho intramolecular Hbond substituents is 1. The van der Waals surface area contributed by atoms with Crippen molar-refractivity contribution in [3.8, 4) is 5.75 Å². The van der Waals surface area contributed by atoms with Crippen molar-refractivity contribution in [2.45, 2.75) is 58.9 Å². The Labute approximate surface area is 218 Å². The fourth-order valence-corrected chi connectivity index (χ4v) is 4.89. The van der Waals surface area contributed by atoms with Crippen molar-refractivity contribution in [1.82, 2.24) is 14.8 Å². The number of amidine groups is 1. The van der Waals surface area contributed by atoms with Crippen LogP contribution in [0.5, 0.6) is 5.75 Å². The predicted octanol–water partition coefficient (Wildman–Crippen LogP) is 4.21. The van der Waals surface area contributed by atoms with Crippen molar-refractivity contribution >= 4 is 23.5 Å². The molecule has 0 saturated carbocycles. The molecule has 37 heavy (non-hydrogen) atoms. The number of pyridine rings is 1. The number of rotatable bonds is 4. The number of nitrogens with zero attached hydrogens (tertiary/aromatic N) is 4. The van der Waals surface area contributed by atoms with Crippen molar-refractivity contribution in [3.05, 3.63) is 52.2 Å². The zero-order valence-electron chi connectivity index (χ0n) is 22.6. The standard InChI is InChI=1S/C28H37N5O4/c1-27(2,3)19-13-18(14-20(24(19)35)28(4,5)6)21(34)16-33-15-17-7-8-22(30-23(17)25(33)29)31-9-11-32(12-10-31)26(36)37/h7-8,13-14,29,35H,9-12,15-16H2,1-6H3,(H,36,37). The van der Waals surface area contributed by atoms with Gasteiger partial charge in [-0.25, -0.2) is 9.78 Å². The molecule has 1 amide bonds. The van der Waals surface area contributed by atoms with Gasteiger partial charge in [0, 0.05) is 55.0 Å². The van der Waals surface area contributed by atoms with Gasteiger partial charge < -0.3 is 24.9 Å². The second-order valence-electron chi connectivity index (χ2n) is 12.0. The minimum Gasteiger partial charge on any atom is -0.507 e. The molecular formula is C28H37N5O4. The number of carbonyl (C=O) groups excluding carboxylic acids is 1. The summed E-state index contributed by atoms with van der Waals surface area (Å²) in [6.07, 6.45) is -0.915. The van der Waals surface area contributed by atoms with E-state index < -0.39 is 6.09 Å². The average Bonchev–Trinajstić information content (AvgIpc) is 3.12. The Morgan fingerprint density at radius 2 is 1.54 bits per heavy atom. The largest absolute Gasteiger partial charge is 0.507 e. The maximum absolute atomic E-state index is 13.5. The highest BCUT2D eigenvalue weighted by atomic mass is 16.4. The molecule has 9 nitrogen and oxygen atoms in total. The first-order chi connectivity index (χ1) is 17.2. The number of carbonyl (C=O) groups is 2. The van der Waals surface area contributed by atoms with Gasteiger partial charge >= 0.3 is 6.09 Å². The van der Waals surface area contributed by atoms with Gasteiger partial charge in [-0.15, -0.1) is 0 Å². The maximum atomic E-state index is 13.5. The number of hydrogen-bond donors (Lipinski definition) is 3. The summed E-state index contributed by atoms with van der Waals surface area (Å²) in [6, 6.07) is 7.41. The molecule has 2 aliphatic rings. The monoisotopic (exact) mass is 507 g/mol. The first kappa shape index (κ1) is 26.4. The van der Waals surface area contributed by atoms with E-state index >= 15 is 0 Å². The Morgan fingerprint density at radius 3 is 2.05 bits per heavy atom. The minimum atomic E-state index is -0.915. The second-order valence-corrected chi connectivity index (χ2v) is 12.0. The number of fused-ring (bicyclic) bond motifs is 1. The zero-order valence-corrected chi connectivity index (χ0v) is 22.6. The summed E-state index contributed by atoms with van der Waals surface area (Å²) in [4.78, 5) is 34.5. The highest BCUT2D eigenvalue weighted by Gasteiger charge is 2.31. The first-order valence-corrected chi connectivity index (χ1v) is 12.6. The lowest BCUT2D eigenvalue weighted by atomic mass is 9.78. The molecule has 4 rings (SSSR count). The number of ketones is 1. The summed E-state index contributed by atoms with van der Waals surface area (Å²) < 4.78 is 0. The van der Waals surface area contributed by atoms with E-state index in [0.717, 1.165) is 16.7 Å². The Bertz CT molecular complexity index is 1220. The molecule has 2 aliphatic heterocycles. The van der Waals surface area contributed by atoms with E-state index in [4.69, 9.17) is 10.4 Å². The lowest BCUT2D eigenvalue weighted by molar-refractivity contribution is 0.0962. The molecule has 3 heterocycles. The fraction of sp³-hybridized carbons (Fsp3) is 0.500. The second kappa shape index (κ2) is 9.36. The summed E-state index contributed by atoms with van der Waals surface area (Å²) in [6.45, 7) is 14.5. The van der Waals surface area contributed by atoms with Gasteiger partial charge in [-0.2, -0.15) is 0 Å². The lowest BCUT2D eigenvalue weighted by Gasteiger charge is -2.34. The maximum Gasteiger partial charge on any atom is 0.407 e. The molecule has 1 aromatic carbocycles. The predicted molar refractivity (Wildman–Crippen MR) is 143 cm³/mol. The van der Waals surface area contributed by atoms with Crippen LogP contribution < -0.4 is 4.90 Å². The third kappa shape index (κ3) is 5.26. The molecule has 0 unspecified atom stereocenters. The Kier molecular flexibility index (Phi) is 6.69. The lowest BCUT2D eigenvalue weighted by Crippen LogP contribution is -2.48. The third-order valence-electron chi connectivity index (χ3n) is 7.12. The molecule has 3 N–H and O–H groups in total. The van der Waals surface area contributed by atoms with Crippen LogP contribution in [0.4, 0.5) is 10.6 Å². The van der Waals surface area contributed by atoms with Crippen LogP contribution in [0.3, 0.4) is 0 Å². The number of piperazine rings is 1. The van der Waals surface area contributed by atoms with Gasteiger partial charge in [-0.3, -0.25) is 10.2 Å². The van der Waals surface area contributed by atoms with Crippen molar-refractivity contribution in [2.75, 3.05) is 37.6 Å². The fourth-order valence-electron chi connectivity index (χ4n) is 4.89. The number of benzene rings is 1. The smallest absolute Gasteiger partial charge is 0.407 e. The molecular weight excluding hydrogens is 470 g/mol. The van der Waals surface area contributed by atoms with Crippen LogP contribution >= 0.6 is 0 Å². The summed E-state index contributed by atoms with van der Waals surface area (Å²) >= 11 is 0. The molecule has 9 heteroatoms. The van der Waals surface area contributed by atoms with E-state index in [0.29, 0.717) is 49.8 Å². The van der Waals surface area contributed by atoms with Gasteiger partial charge in [0.25, 0.3) is 0 Å². The minimum absolute atomic E-state index is 0.0414. The van der Waals surface area contributed by atoms with Gasteiger partial charge in [-0.05, 0) is 29.0 Å². The average molecular weight is 508 g/mol. The van der Waals surface area contributed by atoms with E-state index in [1.165, 1.54) is 4.90 Å². The molecule has 1 saturated heterocycles. The molecule has 0 aliphatic carbocycles. The Hall–Kier alpha value is -3.62. The topological polar surface area (TPSA) is 121 Å². The number of aromatic hydroxyl groups is 1. The number of phenols is 1. The van der Waals surface area contributed by atoms with Crippen LogP contribution in [0.25, 0.3) is 0 Å². The van der Waals surface area contributed by atoms with E-state index in [2.05, 4.69) is 0 Å². The van der Waals surface area contributed by atoms with Gasteiger partial charge in [-0.1, -0.05) is 47.6 Å². The molecule has 198 valence electrons. The molecule has 0 bridgehead atoms. The molecule has 0 radical (unpaired) electrons. The van der Waals surface area contributed by atoms with E-state index in [9.17, 15) is 19.8 Å². The number of amides is 1. The van der Waals surface area contributed by atoms with Crippen LogP contribution in [0.1, 0.15) is 74.3 Å².